The summed E-state index contributed by atoms with van der Waals surface area (Å²) < 4.78 is 0. The zero-order chi connectivity index (χ0) is 13.5. The fourth-order valence-corrected chi connectivity index (χ4v) is 2.90. The van der Waals surface area contributed by atoms with Crippen LogP contribution in [0.25, 0.3) is 0 Å². The Kier molecular flexibility index (Phi) is 5.87. The number of hydrogen-bond donors (Lipinski definition) is 2. The standard InChI is InChI=1S/C17H28N2/c1-14-8-5-6-9-16(14)13-19-15(2)12-17-10-4-3-7-11-18-17/h5-6,8-9,15,17-19H,3-4,7,10-13H2,1-2H3. The molecule has 1 aromatic rings. The normalized spacial score (nSPS) is 21.9. The van der Waals surface area contributed by atoms with Gasteiger partial charge >= 0.3 is 0 Å². The summed E-state index contributed by atoms with van der Waals surface area (Å²) in [5.74, 6) is 0. The smallest absolute Gasteiger partial charge is 0.0210 e. The van der Waals surface area contributed by atoms with Gasteiger partial charge in [-0.2, -0.15) is 0 Å². The molecule has 1 aliphatic rings. The van der Waals surface area contributed by atoms with E-state index in [9.17, 15) is 0 Å². The zero-order valence-electron chi connectivity index (χ0n) is 12.4. The van der Waals surface area contributed by atoms with Gasteiger partial charge in [-0.15, -0.1) is 0 Å². The molecule has 1 aromatic carbocycles. The van der Waals surface area contributed by atoms with E-state index < -0.39 is 0 Å². The van der Waals surface area contributed by atoms with Gasteiger partial charge in [-0.05, 0) is 50.8 Å². The van der Waals surface area contributed by atoms with Crippen molar-refractivity contribution in [1.29, 1.82) is 0 Å². The molecule has 0 radical (unpaired) electrons. The summed E-state index contributed by atoms with van der Waals surface area (Å²) in [6, 6.07) is 9.93. The molecular formula is C17H28N2. The first kappa shape index (κ1) is 14.5. The van der Waals surface area contributed by atoms with Crippen LogP contribution in [0.4, 0.5) is 0 Å². The Labute approximate surface area is 118 Å². The van der Waals surface area contributed by atoms with Crippen molar-refractivity contribution in [2.24, 2.45) is 0 Å². The van der Waals surface area contributed by atoms with Gasteiger partial charge in [0.1, 0.15) is 0 Å². The van der Waals surface area contributed by atoms with Crippen molar-refractivity contribution in [3.05, 3.63) is 35.4 Å². The molecule has 0 aliphatic carbocycles. The third-order valence-electron chi connectivity index (χ3n) is 4.20. The molecule has 19 heavy (non-hydrogen) atoms. The highest BCUT2D eigenvalue weighted by molar-refractivity contribution is 5.25. The van der Waals surface area contributed by atoms with Gasteiger partial charge in [0.05, 0.1) is 0 Å². The van der Waals surface area contributed by atoms with Gasteiger partial charge in [-0.25, -0.2) is 0 Å². The zero-order valence-corrected chi connectivity index (χ0v) is 12.4. The second-order valence-corrected chi connectivity index (χ2v) is 5.94. The molecule has 2 rings (SSSR count). The molecule has 2 N–H and O–H groups in total. The van der Waals surface area contributed by atoms with Crippen LogP contribution in [-0.4, -0.2) is 18.6 Å². The van der Waals surface area contributed by atoms with E-state index in [2.05, 4.69) is 48.7 Å². The Balaban J connectivity index is 1.74. The first-order valence-corrected chi connectivity index (χ1v) is 7.77. The number of nitrogens with one attached hydrogen (secondary N) is 2. The van der Waals surface area contributed by atoms with Gasteiger partial charge in [0.2, 0.25) is 0 Å². The first-order valence-electron chi connectivity index (χ1n) is 7.77. The minimum absolute atomic E-state index is 0.579. The molecule has 0 saturated carbocycles. The summed E-state index contributed by atoms with van der Waals surface area (Å²) in [6.45, 7) is 6.69. The molecule has 2 heteroatoms. The van der Waals surface area contributed by atoms with Crippen LogP contribution in [-0.2, 0) is 6.54 Å². The average Bonchev–Trinajstić information content (AvgIpc) is 2.66. The van der Waals surface area contributed by atoms with Crippen LogP contribution in [0.2, 0.25) is 0 Å². The van der Waals surface area contributed by atoms with E-state index in [0.717, 1.165) is 6.54 Å². The topological polar surface area (TPSA) is 24.1 Å². The largest absolute Gasteiger partial charge is 0.314 e. The van der Waals surface area contributed by atoms with Crippen molar-refractivity contribution in [1.82, 2.24) is 10.6 Å². The van der Waals surface area contributed by atoms with Gasteiger partial charge in [0, 0.05) is 18.6 Å². The van der Waals surface area contributed by atoms with E-state index >= 15 is 0 Å². The number of rotatable bonds is 5. The minimum Gasteiger partial charge on any atom is -0.314 e. The van der Waals surface area contributed by atoms with Gasteiger partial charge in [0.15, 0.2) is 0 Å². The number of hydrogen-bond acceptors (Lipinski definition) is 2. The van der Waals surface area contributed by atoms with Crippen LogP contribution in [0, 0.1) is 6.92 Å². The van der Waals surface area contributed by atoms with Crippen molar-refractivity contribution in [2.45, 2.75) is 64.6 Å². The number of benzene rings is 1. The van der Waals surface area contributed by atoms with E-state index in [0.29, 0.717) is 12.1 Å². The van der Waals surface area contributed by atoms with Crippen LogP contribution in [0.15, 0.2) is 24.3 Å². The Morgan fingerprint density at radius 1 is 1.26 bits per heavy atom. The third-order valence-corrected chi connectivity index (χ3v) is 4.20. The highest BCUT2D eigenvalue weighted by Crippen LogP contribution is 2.13. The number of aryl methyl sites for hydroxylation is 1. The van der Waals surface area contributed by atoms with Crippen molar-refractivity contribution in [3.63, 3.8) is 0 Å². The van der Waals surface area contributed by atoms with Crippen LogP contribution in [0.3, 0.4) is 0 Å². The summed E-state index contributed by atoms with van der Waals surface area (Å²) >= 11 is 0. The summed E-state index contributed by atoms with van der Waals surface area (Å²) in [4.78, 5) is 0. The molecular weight excluding hydrogens is 232 g/mol. The summed E-state index contributed by atoms with van der Waals surface area (Å²) in [5.41, 5.74) is 2.80. The van der Waals surface area contributed by atoms with Gasteiger partial charge in [0.25, 0.3) is 0 Å². The van der Waals surface area contributed by atoms with Gasteiger partial charge in [-0.3, -0.25) is 0 Å². The summed E-state index contributed by atoms with van der Waals surface area (Å²) in [6.07, 6.45) is 6.72. The molecule has 0 bridgehead atoms. The van der Waals surface area contributed by atoms with Crippen LogP contribution in [0.5, 0.6) is 0 Å². The molecule has 106 valence electrons. The minimum atomic E-state index is 0.579. The van der Waals surface area contributed by atoms with Crippen LogP contribution in [0.1, 0.15) is 50.2 Å². The van der Waals surface area contributed by atoms with E-state index in [1.165, 1.54) is 49.8 Å². The molecule has 0 amide bonds. The quantitative estimate of drug-likeness (QED) is 0.848. The maximum Gasteiger partial charge on any atom is 0.0210 e. The van der Waals surface area contributed by atoms with Gasteiger partial charge in [-0.1, -0.05) is 37.1 Å². The molecule has 0 aromatic heterocycles. The molecule has 0 spiro atoms. The maximum absolute atomic E-state index is 3.68. The van der Waals surface area contributed by atoms with Crippen molar-refractivity contribution >= 4 is 0 Å². The van der Waals surface area contributed by atoms with Crippen LogP contribution >= 0.6 is 0 Å². The second kappa shape index (κ2) is 7.66. The van der Waals surface area contributed by atoms with Crippen molar-refractivity contribution in [3.8, 4) is 0 Å². The fourth-order valence-electron chi connectivity index (χ4n) is 2.90. The molecule has 1 aliphatic heterocycles. The SMILES string of the molecule is Cc1ccccc1CNC(C)CC1CCCCCN1. The van der Waals surface area contributed by atoms with E-state index in [1.54, 1.807) is 0 Å². The first-order chi connectivity index (χ1) is 9.25. The Morgan fingerprint density at radius 2 is 2.11 bits per heavy atom. The van der Waals surface area contributed by atoms with E-state index in [1.807, 2.05) is 0 Å². The average molecular weight is 260 g/mol. The molecule has 1 saturated heterocycles. The highest BCUT2D eigenvalue weighted by atomic mass is 14.9. The monoisotopic (exact) mass is 260 g/mol. The lowest BCUT2D eigenvalue weighted by atomic mass is 10.0. The van der Waals surface area contributed by atoms with Crippen molar-refractivity contribution < 1.29 is 0 Å². The lowest BCUT2D eigenvalue weighted by molar-refractivity contribution is 0.402. The molecule has 1 fully saturated rings. The predicted octanol–water partition coefficient (Wildman–Crippen LogP) is 3.40. The Morgan fingerprint density at radius 3 is 2.95 bits per heavy atom. The van der Waals surface area contributed by atoms with E-state index in [4.69, 9.17) is 0 Å². The molecule has 2 atom stereocenters. The summed E-state index contributed by atoms with van der Waals surface area (Å²) in [5, 5.41) is 7.35. The Hall–Kier alpha value is -0.860. The van der Waals surface area contributed by atoms with E-state index in [-0.39, 0.29) is 0 Å². The van der Waals surface area contributed by atoms with Crippen LogP contribution < -0.4 is 10.6 Å². The third kappa shape index (κ3) is 4.96. The maximum atomic E-state index is 3.68. The molecule has 2 unspecified atom stereocenters. The highest BCUT2D eigenvalue weighted by Gasteiger charge is 2.14. The molecule has 1 heterocycles. The lowest BCUT2D eigenvalue weighted by Crippen LogP contribution is -2.36. The lowest BCUT2D eigenvalue weighted by Gasteiger charge is -2.21. The Bertz CT molecular complexity index is 367. The fraction of sp³-hybridized carbons (Fsp3) is 0.647. The molecule has 2 nitrogen and oxygen atoms in total. The predicted molar refractivity (Wildman–Crippen MR) is 82.4 cm³/mol. The van der Waals surface area contributed by atoms with Crippen molar-refractivity contribution in [2.75, 3.05) is 6.54 Å². The van der Waals surface area contributed by atoms with Gasteiger partial charge < -0.3 is 10.6 Å². The second-order valence-electron chi connectivity index (χ2n) is 5.94. The summed E-state index contributed by atoms with van der Waals surface area (Å²) in [7, 11) is 0.